The average Bonchev–Trinajstić information content (AvgIpc) is 2.96. The highest BCUT2D eigenvalue weighted by Gasteiger charge is 2.42. The molecule has 164 valence electrons. The summed E-state index contributed by atoms with van der Waals surface area (Å²) in [6.07, 6.45) is 2.68. The monoisotopic (exact) mass is 433 g/mol. The summed E-state index contributed by atoms with van der Waals surface area (Å²) in [6.45, 7) is 6.79. The molecule has 3 rings (SSSR count). The number of piperidine rings is 1. The van der Waals surface area contributed by atoms with Crippen molar-refractivity contribution in [2.45, 2.75) is 45.3 Å². The maximum atomic E-state index is 13.4. The number of hydrogen-bond donors (Lipinski definition) is 0. The zero-order valence-corrected chi connectivity index (χ0v) is 19.1. The van der Waals surface area contributed by atoms with Crippen LogP contribution in [0.5, 0.6) is 0 Å². The van der Waals surface area contributed by atoms with Gasteiger partial charge in [-0.3, -0.25) is 14.5 Å². The van der Waals surface area contributed by atoms with Crippen molar-refractivity contribution in [1.82, 2.24) is 14.7 Å². The molecular weight excluding hydrogens is 402 g/mol. The third-order valence-corrected chi connectivity index (χ3v) is 6.09. The van der Waals surface area contributed by atoms with Gasteiger partial charge in [-0.25, -0.2) is 0 Å². The number of carbonyl (C=O) groups excluding carboxylic acids is 2. The summed E-state index contributed by atoms with van der Waals surface area (Å²) >= 11 is 6.05. The van der Waals surface area contributed by atoms with E-state index in [4.69, 9.17) is 16.3 Å². The largest absolute Gasteiger partial charge is 0.379 e. The molecule has 0 bridgehead atoms. The van der Waals surface area contributed by atoms with Crippen LogP contribution in [-0.4, -0.2) is 79.0 Å². The minimum Gasteiger partial charge on any atom is -0.379 e. The lowest BCUT2D eigenvalue weighted by atomic mass is 10.0. The zero-order chi connectivity index (χ0) is 21.8. The number of amides is 2. The fraction of sp³-hybridized carbons (Fsp3) is 0.565. The van der Waals surface area contributed by atoms with Gasteiger partial charge in [0.1, 0.15) is 5.70 Å². The topological polar surface area (TPSA) is 53.1 Å². The van der Waals surface area contributed by atoms with Crippen molar-refractivity contribution in [2.24, 2.45) is 0 Å². The first-order valence-corrected chi connectivity index (χ1v) is 11.1. The van der Waals surface area contributed by atoms with Crippen molar-refractivity contribution < 1.29 is 14.3 Å². The van der Waals surface area contributed by atoms with Crippen LogP contribution in [0.1, 0.15) is 38.7 Å². The molecule has 0 radical (unpaired) electrons. The lowest BCUT2D eigenvalue weighted by Gasteiger charge is -2.36. The first-order chi connectivity index (χ1) is 14.3. The molecule has 0 atom stereocenters. The van der Waals surface area contributed by atoms with Crippen LogP contribution in [0.2, 0.25) is 5.02 Å². The van der Waals surface area contributed by atoms with Crippen LogP contribution in [0.15, 0.2) is 30.0 Å². The summed E-state index contributed by atoms with van der Waals surface area (Å²) in [5.74, 6) is -0.447. The summed E-state index contributed by atoms with van der Waals surface area (Å²) in [4.78, 5) is 32.4. The molecule has 0 N–H and O–H groups in total. The van der Waals surface area contributed by atoms with E-state index in [9.17, 15) is 9.59 Å². The summed E-state index contributed by atoms with van der Waals surface area (Å²) in [7, 11) is 4.05. The van der Waals surface area contributed by atoms with Crippen LogP contribution in [0.25, 0.3) is 5.57 Å². The van der Waals surface area contributed by atoms with Gasteiger partial charge in [-0.2, -0.15) is 0 Å². The van der Waals surface area contributed by atoms with Gasteiger partial charge in [0.05, 0.1) is 11.7 Å². The highest BCUT2D eigenvalue weighted by molar-refractivity contribution is 6.36. The number of carbonyl (C=O) groups is 2. The molecular formula is C23H32ClN3O3. The van der Waals surface area contributed by atoms with E-state index in [-0.39, 0.29) is 24.0 Å². The van der Waals surface area contributed by atoms with Crippen molar-refractivity contribution in [3.63, 3.8) is 0 Å². The molecule has 1 aromatic carbocycles. The number of likely N-dealkylation sites (N-methyl/N-ethyl adjacent to an activating group) is 1. The molecule has 2 amide bonds. The molecule has 2 aliphatic rings. The maximum absolute atomic E-state index is 13.4. The van der Waals surface area contributed by atoms with E-state index >= 15 is 0 Å². The molecule has 7 heteroatoms. The lowest BCUT2D eigenvalue weighted by Crippen LogP contribution is -2.43. The van der Waals surface area contributed by atoms with E-state index in [1.54, 1.807) is 12.1 Å². The Labute approximate surface area is 184 Å². The van der Waals surface area contributed by atoms with E-state index in [0.29, 0.717) is 35.9 Å². The number of benzene rings is 1. The molecule has 30 heavy (non-hydrogen) atoms. The van der Waals surface area contributed by atoms with Gasteiger partial charge < -0.3 is 14.5 Å². The third-order valence-electron chi connectivity index (χ3n) is 5.84. The molecule has 0 aliphatic carbocycles. The summed E-state index contributed by atoms with van der Waals surface area (Å²) in [5.41, 5.74) is 1.71. The molecule has 2 heterocycles. The van der Waals surface area contributed by atoms with Crippen LogP contribution in [0.3, 0.4) is 0 Å². The van der Waals surface area contributed by atoms with Crippen LogP contribution >= 0.6 is 11.6 Å². The second-order valence-electron chi connectivity index (χ2n) is 8.41. The van der Waals surface area contributed by atoms with Gasteiger partial charge in [-0.15, -0.1) is 0 Å². The molecule has 1 fully saturated rings. The smallest absolute Gasteiger partial charge is 0.277 e. The second kappa shape index (κ2) is 9.94. The van der Waals surface area contributed by atoms with Crippen molar-refractivity contribution in [3.8, 4) is 0 Å². The number of rotatable bonds is 8. The van der Waals surface area contributed by atoms with Crippen LogP contribution < -0.4 is 0 Å². The Bertz CT molecular complexity index is 798. The van der Waals surface area contributed by atoms with Gasteiger partial charge in [-0.05, 0) is 70.9 Å². The molecule has 1 saturated heterocycles. The van der Waals surface area contributed by atoms with E-state index in [1.165, 1.54) is 4.90 Å². The predicted molar refractivity (Wildman–Crippen MR) is 119 cm³/mol. The van der Waals surface area contributed by atoms with Gasteiger partial charge in [0, 0.05) is 31.3 Å². The second-order valence-corrected chi connectivity index (χ2v) is 8.85. The highest BCUT2D eigenvalue weighted by atomic mass is 35.5. The Hall–Kier alpha value is -1.89. The first-order valence-electron chi connectivity index (χ1n) is 10.7. The number of imide groups is 1. The van der Waals surface area contributed by atoms with Gasteiger partial charge in [-0.1, -0.05) is 23.7 Å². The SMILES string of the molecule is CC(C)OCCCN1C(=O)C(c2ccc(Cl)cc2)=C(N(C)C2CCN(C)CC2)C1=O. The van der Waals surface area contributed by atoms with E-state index in [0.717, 1.165) is 31.5 Å². The summed E-state index contributed by atoms with van der Waals surface area (Å²) in [5, 5.41) is 0.601. The third kappa shape index (κ3) is 5.05. The van der Waals surface area contributed by atoms with Gasteiger partial charge in [0.15, 0.2) is 0 Å². The normalized spacial score (nSPS) is 18.8. The lowest BCUT2D eigenvalue weighted by molar-refractivity contribution is -0.137. The number of ether oxygens (including phenoxy) is 1. The van der Waals surface area contributed by atoms with Crippen molar-refractivity contribution in [2.75, 3.05) is 40.3 Å². The standard InChI is InChI=1S/C23H32ClN3O3/c1-16(2)30-15-5-12-27-22(28)20(17-6-8-18(24)9-7-17)21(23(27)29)26(4)19-10-13-25(3)14-11-19/h6-9,16,19H,5,10-15H2,1-4H3. The minimum atomic E-state index is -0.235. The van der Waals surface area contributed by atoms with E-state index in [2.05, 4.69) is 11.9 Å². The van der Waals surface area contributed by atoms with Crippen LogP contribution in [-0.2, 0) is 14.3 Å². The first kappa shape index (κ1) is 22.8. The number of nitrogens with zero attached hydrogens (tertiary/aromatic N) is 3. The predicted octanol–water partition coefficient (Wildman–Crippen LogP) is 3.26. The quantitative estimate of drug-likeness (QED) is 0.465. The molecule has 1 aromatic rings. The molecule has 0 saturated carbocycles. The van der Waals surface area contributed by atoms with Crippen molar-refractivity contribution in [3.05, 3.63) is 40.5 Å². The van der Waals surface area contributed by atoms with Crippen LogP contribution in [0.4, 0.5) is 0 Å². The molecule has 0 unspecified atom stereocenters. The fourth-order valence-electron chi connectivity index (χ4n) is 4.08. The Morgan fingerprint density at radius 3 is 2.37 bits per heavy atom. The van der Waals surface area contributed by atoms with Crippen LogP contribution in [0, 0.1) is 0 Å². The highest BCUT2D eigenvalue weighted by Crippen LogP contribution is 2.34. The van der Waals surface area contributed by atoms with E-state index < -0.39 is 0 Å². The zero-order valence-electron chi connectivity index (χ0n) is 18.4. The number of likely N-dealkylation sites (tertiary alicyclic amines) is 1. The molecule has 6 nitrogen and oxygen atoms in total. The Balaban J connectivity index is 1.87. The molecule has 0 aromatic heterocycles. The van der Waals surface area contributed by atoms with Gasteiger partial charge in [0.25, 0.3) is 11.8 Å². The van der Waals surface area contributed by atoms with E-state index in [1.807, 2.05) is 37.9 Å². The molecule has 2 aliphatic heterocycles. The maximum Gasteiger partial charge on any atom is 0.277 e. The summed E-state index contributed by atoms with van der Waals surface area (Å²) < 4.78 is 5.58. The summed E-state index contributed by atoms with van der Waals surface area (Å²) in [6, 6.07) is 7.38. The van der Waals surface area contributed by atoms with Crippen molar-refractivity contribution >= 4 is 29.0 Å². The van der Waals surface area contributed by atoms with Crippen molar-refractivity contribution in [1.29, 1.82) is 0 Å². The minimum absolute atomic E-state index is 0.129. The van der Waals surface area contributed by atoms with Gasteiger partial charge in [0.2, 0.25) is 0 Å². The average molecular weight is 434 g/mol. The Morgan fingerprint density at radius 1 is 1.13 bits per heavy atom. The van der Waals surface area contributed by atoms with Gasteiger partial charge >= 0.3 is 0 Å². The Morgan fingerprint density at radius 2 is 1.77 bits per heavy atom. The fourth-order valence-corrected chi connectivity index (χ4v) is 4.20. The number of hydrogen-bond acceptors (Lipinski definition) is 5. The Kier molecular flexibility index (Phi) is 7.55. The number of halogens is 1. The molecule has 0 spiro atoms.